The van der Waals surface area contributed by atoms with Crippen LogP contribution >= 0.6 is 11.3 Å². The highest BCUT2D eigenvalue weighted by atomic mass is 32.1. The number of likely N-dealkylation sites (tertiary alicyclic amines) is 1. The van der Waals surface area contributed by atoms with Gasteiger partial charge in [0.05, 0.1) is 11.7 Å². The minimum absolute atomic E-state index is 0.120. The Kier molecular flexibility index (Phi) is 7.69. The summed E-state index contributed by atoms with van der Waals surface area (Å²) in [6.07, 6.45) is 7.83. The number of nitrogens with one attached hydrogen (secondary N) is 1. The number of hydrogen-bond acceptors (Lipinski definition) is 5. The van der Waals surface area contributed by atoms with Crippen molar-refractivity contribution in [3.63, 3.8) is 0 Å². The summed E-state index contributed by atoms with van der Waals surface area (Å²) in [6.45, 7) is 10.9. The van der Waals surface area contributed by atoms with Crippen molar-refractivity contribution in [3.8, 4) is 0 Å². The van der Waals surface area contributed by atoms with E-state index in [1.807, 2.05) is 0 Å². The summed E-state index contributed by atoms with van der Waals surface area (Å²) in [6, 6.07) is 5.57. The number of fused-ring (bicyclic) bond motifs is 1. The van der Waals surface area contributed by atoms with Gasteiger partial charge in [-0.3, -0.25) is 4.79 Å². The summed E-state index contributed by atoms with van der Waals surface area (Å²) in [5, 5.41) is 3.06. The van der Waals surface area contributed by atoms with Crippen molar-refractivity contribution < 1.29 is 4.79 Å². The van der Waals surface area contributed by atoms with Crippen LogP contribution in [-0.4, -0.2) is 58.5 Å². The van der Waals surface area contributed by atoms with Crippen LogP contribution in [0, 0.1) is 13.8 Å². The average molecular weight is 458 g/mol. The van der Waals surface area contributed by atoms with Crippen molar-refractivity contribution in [3.05, 3.63) is 39.1 Å². The summed E-state index contributed by atoms with van der Waals surface area (Å²) >= 11 is 1.79. The first-order valence-electron chi connectivity index (χ1n) is 12.2. The number of imidazole rings is 1. The maximum atomic E-state index is 11.2. The van der Waals surface area contributed by atoms with Crippen molar-refractivity contribution in [2.75, 3.05) is 26.7 Å². The van der Waals surface area contributed by atoms with E-state index in [9.17, 15) is 4.79 Å². The summed E-state index contributed by atoms with van der Waals surface area (Å²) in [4.78, 5) is 23.8. The number of amides is 1. The van der Waals surface area contributed by atoms with E-state index in [-0.39, 0.29) is 6.04 Å². The Labute approximate surface area is 197 Å². The lowest BCUT2D eigenvalue weighted by atomic mass is 10.0. The van der Waals surface area contributed by atoms with Crippen molar-refractivity contribution in [1.29, 1.82) is 0 Å². The number of thiophene rings is 1. The smallest absolute Gasteiger partial charge is 0.207 e. The van der Waals surface area contributed by atoms with Crippen molar-refractivity contribution in [1.82, 2.24) is 24.7 Å². The van der Waals surface area contributed by atoms with E-state index in [1.165, 1.54) is 52.8 Å². The molecule has 0 bridgehead atoms. The molecule has 3 atom stereocenters. The molecular formula is C25H39N5OS. The fraction of sp³-hybridized carbons (Fsp3) is 0.680. The fourth-order valence-electron chi connectivity index (χ4n) is 5.71. The van der Waals surface area contributed by atoms with Gasteiger partial charge >= 0.3 is 0 Å². The molecule has 2 aliphatic rings. The molecule has 0 radical (unpaired) electrons. The number of carbonyl (C=O) groups is 1. The van der Waals surface area contributed by atoms with Crippen LogP contribution < -0.4 is 5.32 Å². The zero-order chi connectivity index (χ0) is 22.7. The highest BCUT2D eigenvalue weighted by molar-refractivity contribution is 7.12. The standard InChI is InChI=1S/C25H39N5OS/c1-5-20(30-19(3)27-23-16-28(4)13-11-24(23)30)15-21-7-6-12-29(21)14-10-22(26-17-31)25-9-8-18(2)32-25/h8-9,17,20-22H,5-7,10-16H2,1-4H3,(H,26,31). The van der Waals surface area contributed by atoms with Crippen LogP contribution in [0.1, 0.15) is 78.1 Å². The number of nitrogens with zero attached hydrogens (tertiary/aromatic N) is 4. The Balaban J connectivity index is 1.42. The van der Waals surface area contributed by atoms with Gasteiger partial charge in [-0.05, 0) is 71.7 Å². The Bertz CT molecular complexity index is 906. The molecular weight excluding hydrogens is 418 g/mol. The molecule has 2 aliphatic heterocycles. The summed E-state index contributed by atoms with van der Waals surface area (Å²) in [7, 11) is 2.19. The molecule has 32 heavy (non-hydrogen) atoms. The lowest BCUT2D eigenvalue weighted by Gasteiger charge is -2.31. The number of aromatic nitrogens is 2. The second kappa shape index (κ2) is 10.5. The van der Waals surface area contributed by atoms with E-state index < -0.39 is 0 Å². The van der Waals surface area contributed by atoms with E-state index in [0.29, 0.717) is 12.1 Å². The van der Waals surface area contributed by atoms with E-state index in [1.54, 1.807) is 11.3 Å². The number of rotatable bonds is 10. The minimum atomic E-state index is 0.120. The van der Waals surface area contributed by atoms with Crippen molar-refractivity contribution in [2.45, 2.75) is 84.0 Å². The van der Waals surface area contributed by atoms with Gasteiger partial charge in [0.2, 0.25) is 6.41 Å². The first kappa shape index (κ1) is 23.5. The van der Waals surface area contributed by atoms with Gasteiger partial charge in [-0.15, -0.1) is 11.3 Å². The Morgan fingerprint density at radius 3 is 2.88 bits per heavy atom. The third-order valence-corrected chi connectivity index (χ3v) is 8.49. The molecule has 2 aromatic heterocycles. The highest BCUT2D eigenvalue weighted by Gasteiger charge is 2.31. The lowest BCUT2D eigenvalue weighted by Crippen LogP contribution is -2.35. The molecule has 2 aromatic rings. The molecule has 0 spiro atoms. The van der Waals surface area contributed by atoms with Crippen LogP contribution in [0.3, 0.4) is 0 Å². The molecule has 1 fully saturated rings. The monoisotopic (exact) mass is 457 g/mol. The summed E-state index contributed by atoms with van der Waals surface area (Å²) < 4.78 is 2.57. The van der Waals surface area contributed by atoms with E-state index in [2.05, 4.69) is 59.6 Å². The summed E-state index contributed by atoms with van der Waals surface area (Å²) in [5.74, 6) is 1.19. The molecule has 6 nitrogen and oxygen atoms in total. The molecule has 7 heteroatoms. The summed E-state index contributed by atoms with van der Waals surface area (Å²) in [5.41, 5.74) is 2.76. The van der Waals surface area contributed by atoms with Gasteiger partial charge < -0.3 is 19.7 Å². The topological polar surface area (TPSA) is 53.4 Å². The van der Waals surface area contributed by atoms with Gasteiger partial charge in [-0.1, -0.05) is 6.92 Å². The Hall–Kier alpha value is -1.70. The van der Waals surface area contributed by atoms with Gasteiger partial charge in [0.1, 0.15) is 5.82 Å². The number of likely N-dealkylation sites (N-methyl/N-ethyl adjacent to an activating group) is 1. The molecule has 3 unspecified atom stereocenters. The highest BCUT2D eigenvalue weighted by Crippen LogP contribution is 2.33. The molecule has 1 saturated heterocycles. The van der Waals surface area contributed by atoms with Crippen LogP contribution in [0.5, 0.6) is 0 Å². The van der Waals surface area contributed by atoms with Gasteiger partial charge in [-0.25, -0.2) is 4.98 Å². The number of aryl methyl sites for hydroxylation is 2. The van der Waals surface area contributed by atoms with Crippen LogP contribution in [0.15, 0.2) is 12.1 Å². The van der Waals surface area contributed by atoms with E-state index >= 15 is 0 Å². The normalized spacial score (nSPS) is 21.4. The van der Waals surface area contributed by atoms with Gasteiger partial charge in [0.15, 0.2) is 0 Å². The predicted octanol–water partition coefficient (Wildman–Crippen LogP) is 4.23. The lowest BCUT2D eigenvalue weighted by molar-refractivity contribution is -0.110. The SMILES string of the molecule is CCC(CC1CCCN1CCC(NC=O)c1ccc(C)s1)n1c(C)nc2c1CCN(C)C2. The average Bonchev–Trinajstić information content (AvgIpc) is 3.47. The second-order valence-electron chi connectivity index (χ2n) is 9.61. The third kappa shape index (κ3) is 5.10. The van der Waals surface area contributed by atoms with Gasteiger partial charge in [0.25, 0.3) is 0 Å². The molecule has 0 aliphatic carbocycles. The first-order valence-corrected chi connectivity index (χ1v) is 13.1. The fourth-order valence-corrected chi connectivity index (χ4v) is 6.68. The number of carbonyl (C=O) groups excluding carboxylic acids is 1. The first-order chi connectivity index (χ1) is 15.5. The van der Waals surface area contributed by atoms with Crippen LogP contribution in [0.4, 0.5) is 0 Å². The maximum Gasteiger partial charge on any atom is 0.207 e. The molecule has 0 aromatic carbocycles. The molecule has 176 valence electrons. The van der Waals surface area contributed by atoms with Gasteiger partial charge in [-0.2, -0.15) is 0 Å². The zero-order valence-electron chi connectivity index (χ0n) is 20.1. The minimum Gasteiger partial charge on any atom is -0.351 e. The van der Waals surface area contributed by atoms with Crippen molar-refractivity contribution >= 4 is 17.7 Å². The van der Waals surface area contributed by atoms with Gasteiger partial charge in [0, 0.05) is 53.6 Å². The Morgan fingerprint density at radius 2 is 2.16 bits per heavy atom. The molecule has 4 rings (SSSR count). The number of hydrogen-bond donors (Lipinski definition) is 1. The van der Waals surface area contributed by atoms with E-state index in [0.717, 1.165) is 45.3 Å². The van der Waals surface area contributed by atoms with Crippen molar-refractivity contribution in [2.24, 2.45) is 0 Å². The molecule has 1 N–H and O–H groups in total. The van der Waals surface area contributed by atoms with Crippen LogP contribution in [0.2, 0.25) is 0 Å². The predicted molar refractivity (Wildman–Crippen MR) is 131 cm³/mol. The molecule has 0 saturated carbocycles. The quantitative estimate of drug-likeness (QED) is 0.543. The van der Waals surface area contributed by atoms with Crippen LogP contribution in [-0.2, 0) is 17.8 Å². The van der Waals surface area contributed by atoms with E-state index in [4.69, 9.17) is 4.98 Å². The Morgan fingerprint density at radius 1 is 1.31 bits per heavy atom. The second-order valence-corrected chi connectivity index (χ2v) is 10.9. The third-order valence-electron chi connectivity index (χ3n) is 7.38. The van der Waals surface area contributed by atoms with Crippen LogP contribution in [0.25, 0.3) is 0 Å². The maximum absolute atomic E-state index is 11.2. The molecule has 4 heterocycles. The zero-order valence-corrected chi connectivity index (χ0v) is 21.0. The largest absolute Gasteiger partial charge is 0.351 e. The molecule has 1 amide bonds.